The summed E-state index contributed by atoms with van der Waals surface area (Å²) < 4.78 is 6.21. The molecular weight excluding hydrogens is 548 g/mol. The van der Waals surface area contributed by atoms with Crippen LogP contribution in [0, 0.1) is 17.9 Å². The van der Waals surface area contributed by atoms with E-state index in [-0.39, 0.29) is 5.91 Å². The van der Waals surface area contributed by atoms with Gasteiger partial charge in [0.25, 0.3) is 11.9 Å². The van der Waals surface area contributed by atoms with Crippen LogP contribution < -0.4 is 10.1 Å². The van der Waals surface area contributed by atoms with Crippen molar-refractivity contribution in [3.05, 3.63) is 117 Å². The van der Waals surface area contributed by atoms with E-state index in [2.05, 4.69) is 32.2 Å². The van der Waals surface area contributed by atoms with E-state index in [1.54, 1.807) is 32.2 Å². The highest BCUT2D eigenvalue weighted by Crippen LogP contribution is 2.42. The minimum absolute atomic E-state index is 0.334. The SMILES string of the molecule is [C-]#[N+]C1C(SCc2ccccc2C#N)=NC(C)=C(C(=O)Nc2ccccc2OC)C1c1ccccc1Br. The van der Waals surface area contributed by atoms with Crippen LogP contribution in [0.1, 0.15) is 29.5 Å². The topological polar surface area (TPSA) is 78.8 Å². The number of nitriles is 1. The molecule has 0 saturated carbocycles. The minimum Gasteiger partial charge on any atom is -0.495 e. The predicted molar refractivity (Wildman–Crippen MR) is 151 cm³/mol. The maximum Gasteiger partial charge on any atom is 0.282 e. The molecule has 1 N–H and O–H groups in total. The molecule has 0 spiro atoms. The molecule has 184 valence electrons. The van der Waals surface area contributed by atoms with Crippen LogP contribution >= 0.6 is 27.7 Å². The van der Waals surface area contributed by atoms with Gasteiger partial charge in [-0.3, -0.25) is 4.79 Å². The first kappa shape index (κ1) is 26.2. The van der Waals surface area contributed by atoms with Crippen LogP contribution in [0.5, 0.6) is 5.75 Å². The molecule has 8 heteroatoms. The lowest BCUT2D eigenvalue weighted by molar-refractivity contribution is -0.113. The number of anilines is 1. The summed E-state index contributed by atoms with van der Waals surface area (Å²) in [5.74, 6) is 0.154. The third-order valence-electron chi connectivity index (χ3n) is 6.04. The van der Waals surface area contributed by atoms with E-state index < -0.39 is 12.0 Å². The van der Waals surface area contributed by atoms with Crippen molar-refractivity contribution in [1.29, 1.82) is 5.26 Å². The molecule has 1 aliphatic rings. The van der Waals surface area contributed by atoms with Crippen molar-refractivity contribution in [2.24, 2.45) is 4.99 Å². The zero-order chi connectivity index (χ0) is 26.4. The van der Waals surface area contributed by atoms with Gasteiger partial charge in [0, 0.05) is 15.9 Å². The first-order chi connectivity index (χ1) is 18.0. The average Bonchev–Trinajstić information content (AvgIpc) is 2.92. The number of ether oxygens (including phenoxy) is 1. The summed E-state index contributed by atoms with van der Waals surface area (Å²) in [5, 5.41) is 13.0. The maximum atomic E-state index is 13.7. The monoisotopic (exact) mass is 570 g/mol. The minimum atomic E-state index is -0.708. The molecule has 37 heavy (non-hydrogen) atoms. The number of rotatable bonds is 6. The van der Waals surface area contributed by atoms with Gasteiger partial charge in [0.2, 0.25) is 0 Å². The van der Waals surface area contributed by atoms with Crippen molar-refractivity contribution in [2.45, 2.75) is 24.6 Å². The van der Waals surface area contributed by atoms with Gasteiger partial charge in [-0.2, -0.15) is 5.26 Å². The predicted octanol–water partition coefficient (Wildman–Crippen LogP) is 6.96. The average molecular weight is 572 g/mol. The number of nitrogens with one attached hydrogen (secondary N) is 1. The number of allylic oxidation sites excluding steroid dienone is 1. The van der Waals surface area contributed by atoms with E-state index in [1.807, 2.05) is 54.6 Å². The first-order valence-electron chi connectivity index (χ1n) is 11.4. The number of carbonyl (C=O) groups excluding carboxylic acids is 1. The van der Waals surface area contributed by atoms with E-state index in [0.29, 0.717) is 39.1 Å². The number of nitrogens with zero attached hydrogens (tertiary/aromatic N) is 3. The van der Waals surface area contributed by atoms with Crippen molar-refractivity contribution in [3.63, 3.8) is 0 Å². The van der Waals surface area contributed by atoms with Crippen LogP contribution in [-0.4, -0.2) is 24.1 Å². The Labute approximate surface area is 229 Å². The smallest absolute Gasteiger partial charge is 0.282 e. The van der Waals surface area contributed by atoms with E-state index >= 15 is 0 Å². The van der Waals surface area contributed by atoms with Crippen LogP contribution in [0.2, 0.25) is 0 Å². The second kappa shape index (κ2) is 11.9. The highest BCUT2D eigenvalue weighted by atomic mass is 79.9. The molecule has 0 fully saturated rings. The van der Waals surface area contributed by atoms with Gasteiger partial charge < -0.3 is 14.9 Å². The molecular formula is C29H23BrN4O2S. The Balaban J connectivity index is 1.77. The molecule has 0 bridgehead atoms. The molecule has 2 unspecified atom stereocenters. The number of hydrogen-bond acceptors (Lipinski definition) is 5. The number of para-hydroxylation sites is 2. The van der Waals surface area contributed by atoms with Gasteiger partial charge in [-0.1, -0.05) is 76.2 Å². The number of benzene rings is 3. The fourth-order valence-electron chi connectivity index (χ4n) is 4.27. The Morgan fingerprint density at radius 1 is 1.16 bits per heavy atom. The number of carbonyl (C=O) groups is 1. The number of methoxy groups -OCH3 is 1. The molecule has 3 aromatic rings. The second-order valence-corrected chi connectivity index (χ2v) is 10.1. The summed E-state index contributed by atoms with van der Waals surface area (Å²) in [7, 11) is 1.55. The molecule has 2 atom stereocenters. The lowest BCUT2D eigenvalue weighted by Gasteiger charge is -2.28. The van der Waals surface area contributed by atoms with Gasteiger partial charge in [-0.15, -0.1) is 0 Å². The standard InChI is InChI=1S/C29H23BrN4O2S/c1-18-25(28(35)34-23-14-8-9-15-24(23)36-3)26(21-12-6-7-13-22(21)30)27(32-2)29(33-18)37-17-20-11-5-4-10-19(20)16-31/h4-15,26-27H,17H2,1,3H3,(H,34,35). The highest BCUT2D eigenvalue weighted by Gasteiger charge is 2.43. The summed E-state index contributed by atoms with van der Waals surface area (Å²) in [6.45, 7) is 9.91. The fourth-order valence-corrected chi connectivity index (χ4v) is 5.92. The molecule has 6 nitrogen and oxygen atoms in total. The lowest BCUT2D eigenvalue weighted by atomic mass is 9.82. The van der Waals surface area contributed by atoms with Gasteiger partial charge in [-0.05, 0) is 42.3 Å². The Morgan fingerprint density at radius 2 is 1.86 bits per heavy atom. The van der Waals surface area contributed by atoms with Gasteiger partial charge in [-0.25, -0.2) is 11.6 Å². The summed E-state index contributed by atoms with van der Waals surface area (Å²) in [5.41, 5.74) is 3.82. The van der Waals surface area contributed by atoms with Crippen molar-refractivity contribution in [1.82, 2.24) is 0 Å². The molecule has 0 saturated heterocycles. The zero-order valence-electron chi connectivity index (χ0n) is 20.2. The Hall–Kier alpha value is -3.85. The number of halogens is 1. The van der Waals surface area contributed by atoms with Crippen LogP contribution in [-0.2, 0) is 10.5 Å². The molecule has 0 aliphatic carbocycles. The molecule has 0 radical (unpaired) electrons. The fraction of sp³-hybridized carbons (Fsp3) is 0.172. The number of aliphatic imine (C=N–C) groups is 1. The first-order valence-corrected chi connectivity index (χ1v) is 13.2. The molecule has 0 aromatic heterocycles. The summed E-state index contributed by atoms with van der Waals surface area (Å²) in [4.78, 5) is 22.4. The Bertz CT molecular complexity index is 1490. The van der Waals surface area contributed by atoms with Crippen LogP contribution in [0.4, 0.5) is 5.69 Å². The second-order valence-electron chi connectivity index (χ2n) is 8.23. The van der Waals surface area contributed by atoms with Crippen molar-refractivity contribution in [3.8, 4) is 11.8 Å². The zero-order valence-corrected chi connectivity index (χ0v) is 22.6. The number of hydrogen-bond donors (Lipinski definition) is 1. The third kappa shape index (κ3) is 5.61. The van der Waals surface area contributed by atoms with Gasteiger partial charge in [0.1, 0.15) is 5.75 Å². The normalized spacial score (nSPS) is 16.8. The van der Waals surface area contributed by atoms with E-state index in [1.165, 1.54) is 11.8 Å². The molecule has 1 aliphatic heterocycles. The van der Waals surface area contributed by atoms with E-state index in [9.17, 15) is 10.1 Å². The third-order valence-corrected chi connectivity index (χ3v) is 7.85. The quantitative estimate of drug-likeness (QED) is 0.325. The molecule has 1 heterocycles. The van der Waals surface area contributed by atoms with Gasteiger partial charge in [0.05, 0.1) is 35.9 Å². The summed E-state index contributed by atoms with van der Waals surface area (Å²) >= 11 is 5.06. The van der Waals surface area contributed by atoms with E-state index in [4.69, 9.17) is 16.3 Å². The Morgan fingerprint density at radius 3 is 2.59 bits per heavy atom. The summed E-state index contributed by atoms with van der Waals surface area (Å²) in [6.07, 6.45) is 0. The largest absolute Gasteiger partial charge is 0.495 e. The van der Waals surface area contributed by atoms with Crippen molar-refractivity contribution in [2.75, 3.05) is 12.4 Å². The van der Waals surface area contributed by atoms with E-state index in [0.717, 1.165) is 15.6 Å². The van der Waals surface area contributed by atoms with Crippen LogP contribution in [0.3, 0.4) is 0 Å². The molecule has 3 aromatic carbocycles. The van der Waals surface area contributed by atoms with Crippen LogP contribution in [0.15, 0.2) is 93.5 Å². The highest BCUT2D eigenvalue weighted by molar-refractivity contribution is 9.10. The summed E-state index contributed by atoms with van der Waals surface area (Å²) in [6, 6.07) is 23.7. The number of thioether (sulfide) groups is 1. The van der Waals surface area contributed by atoms with Crippen molar-refractivity contribution < 1.29 is 9.53 Å². The maximum absolute atomic E-state index is 13.7. The van der Waals surface area contributed by atoms with Gasteiger partial charge >= 0.3 is 0 Å². The number of amides is 1. The van der Waals surface area contributed by atoms with Crippen LogP contribution in [0.25, 0.3) is 4.85 Å². The molecule has 1 amide bonds. The van der Waals surface area contributed by atoms with Crippen molar-refractivity contribution >= 4 is 44.3 Å². The lowest BCUT2D eigenvalue weighted by Crippen LogP contribution is -2.34. The Kier molecular flexibility index (Phi) is 8.45. The molecule has 4 rings (SSSR count). The van der Waals surface area contributed by atoms with Gasteiger partial charge in [0.15, 0.2) is 5.04 Å².